The summed E-state index contributed by atoms with van der Waals surface area (Å²) in [4.78, 5) is 16.6. The van der Waals surface area contributed by atoms with Gasteiger partial charge in [-0.05, 0) is 30.7 Å². The topological polar surface area (TPSA) is 54.0 Å². The third kappa shape index (κ3) is 2.50. The Balaban J connectivity index is 1.64. The van der Waals surface area contributed by atoms with E-state index in [1.165, 1.54) is 5.56 Å². The first kappa shape index (κ1) is 12.7. The highest BCUT2D eigenvalue weighted by Gasteiger charge is 2.27. The van der Waals surface area contributed by atoms with Gasteiger partial charge < -0.3 is 10.6 Å². The van der Waals surface area contributed by atoms with Crippen LogP contribution in [0, 0.1) is 0 Å². The van der Waals surface area contributed by atoms with Gasteiger partial charge in [0.1, 0.15) is 6.04 Å². The molecule has 0 saturated heterocycles. The number of nitrogens with zero attached hydrogens (tertiary/aromatic N) is 1. The van der Waals surface area contributed by atoms with Crippen LogP contribution in [0.3, 0.4) is 0 Å². The summed E-state index contributed by atoms with van der Waals surface area (Å²) < 4.78 is 0. The smallest absolute Gasteiger partial charge is 0.243 e. The minimum Gasteiger partial charge on any atom is -0.373 e. The highest BCUT2D eigenvalue weighted by molar-refractivity contribution is 5.87. The minimum absolute atomic E-state index is 0.0133. The van der Waals surface area contributed by atoms with E-state index in [1.807, 2.05) is 43.3 Å². The molecule has 2 aromatic rings. The molecule has 0 unspecified atom stereocenters. The van der Waals surface area contributed by atoms with Gasteiger partial charge in [0.15, 0.2) is 0 Å². The van der Waals surface area contributed by atoms with Crippen LogP contribution < -0.4 is 10.6 Å². The molecule has 0 aliphatic carbocycles. The number of hydrogen-bond acceptors (Lipinski definition) is 3. The van der Waals surface area contributed by atoms with Gasteiger partial charge in [-0.3, -0.25) is 9.78 Å². The van der Waals surface area contributed by atoms with Crippen molar-refractivity contribution in [3.05, 3.63) is 59.9 Å². The summed E-state index contributed by atoms with van der Waals surface area (Å²) in [7, 11) is 0. The van der Waals surface area contributed by atoms with Crippen molar-refractivity contribution in [3.63, 3.8) is 0 Å². The highest BCUT2D eigenvalue weighted by atomic mass is 16.2. The summed E-state index contributed by atoms with van der Waals surface area (Å²) >= 11 is 0. The van der Waals surface area contributed by atoms with Crippen LogP contribution in [-0.4, -0.2) is 16.9 Å². The van der Waals surface area contributed by atoms with E-state index in [-0.39, 0.29) is 18.0 Å². The SMILES string of the molecule is C[C@H](NC(=O)[C@@H]1Cc2ccccc2N1)c1ccccn1. The second-order valence-electron chi connectivity index (χ2n) is 5.04. The van der Waals surface area contributed by atoms with Gasteiger partial charge in [0.2, 0.25) is 5.91 Å². The fourth-order valence-corrected chi connectivity index (χ4v) is 2.48. The molecule has 2 N–H and O–H groups in total. The van der Waals surface area contributed by atoms with Crippen molar-refractivity contribution in [1.82, 2.24) is 10.3 Å². The first-order chi connectivity index (χ1) is 9.74. The van der Waals surface area contributed by atoms with Crippen molar-refractivity contribution in [2.24, 2.45) is 0 Å². The molecule has 1 aromatic carbocycles. The van der Waals surface area contributed by atoms with Gasteiger partial charge in [0, 0.05) is 18.3 Å². The summed E-state index contributed by atoms with van der Waals surface area (Å²) in [5, 5.41) is 6.27. The quantitative estimate of drug-likeness (QED) is 0.897. The Morgan fingerprint density at radius 2 is 2.10 bits per heavy atom. The molecule has 2 heterocycles. The predicted octanol–water partition coefficient (Wildman–Crippen LogP) is 2.30. The molecule has 4 heteroatoms. The molecule has 20 heavy (non-hydrogen) atoms. The van der Waals surface area contributed by atoms with Crippen molar-refractivity contribution in [1.29, 1.82) is 0 Å². The summed E-state index contributed by atoms with van der Waals surface area (Å²) in [5.74, 6) is 0.0133. The zero-order chi connectivity index (χ0) is 13.9. The zero-order valence-electron chi connectivity index (χ0n) is 11.3. The number of benzene rings is 1. The van der Waals surface area contributed by atoms with Crippen LogP contribution in [0.2, 0.25) is 0 Å². The number of carbonyl (C=O) groups excluding carboxylic acids is 1. The fourth-order valence-electron chi connectivity index (χ4n) is 2.48. The highest BCUT2D eigenvalue weighted by Crippen LogP contribution is 2.25. The van der Waals surface area contributed by atoms with Crippen LogP contribution in [-0.2, 0) is 11.2 Å². The summed E-state index contributed by atoms with van der Waals surface area (Å²) in [6.07, 6.45) is 2.47. The lowest BCUT2D eigenvalue weighted by Crippen LogP contribution is -2.39. The van der Waals surface area contributed by atoms with Crippen LogP contribution in [0.4, 0.5) is 5.69 Å². The van der Waals surface area contributed by atoms with Crippen LogP contribution in [0.1, 0.15) is 24.2 Å². The Bertz CT molecular complexity index is 587. The average molecular weight is 267 g/mol. The minimum atomic E-state index is -0.196. The Morgan fingerprint density at radius 3 is 2.85 bits per heavy atom. The third-order valence-corrected chi connectivity index (χ3v) is 3.58. The van der Waals surface area contributed by atoms with Crippen LogP contribution in [0.5, 0.6) is 0 Å². The molecule has 1 aromatic heterocycles. The standard InChI is InChI=1S/C16H17N3O/c1-11(13-7-4-5-9-17-13)18-16(20)15-10-12-6-2-3-8-14(12)19-15/h2-9,11,15,19H,10H2,1H3,(H,18,20)/t11-,15-/m0/s1. The number of amides is 1. The van der Waals surface area contributed by atoms with Crippen molar-refractivity contribution in [3.8, 4) is 0 Å². The summed E-state index contributed by atoms with van der Waals surface area (Å²) in [5.41, 5.74) is 3.12. The summed E-state index contributed by atoms with van der Waals surface area (Å²) in [6, 6.07) is 13.5. The lowest BCUT2D eigenvalue weighted by atomic mass is 10.1. The number of anilines is 1. The van der Waals surface area contributed by atoms with Gasteiger partial charge in [-0.2, -0.15) is 0 Å². The Kier molecular flexibility index (Phi) is 3.37. The Morgan fingerprint density at radius 1 is 1.30 bits per heavy atom. The molecular weight excluding hydrogens is 250 g/mol. The van der Waals surface area contributed by atoms with E-state index >= 15 is 0 Å². The largest absolute Gasteiger partial charge is 0.373 e. The molecule has 102 valence electrons. The second-order valence-corrected chi connectivity index (χ2v) is 5.04. The number of aromatic nitrogens is 1. The predicted molar refractivity (Wildman–Crippen MR) is 78.4 cm³/mol. The van der Waals surface area contributed by atoms with E-state index in [0.717, 1.165) is 17.8 Å². The zero-order valence-corrected chi connectivity index (χ0v) is 11.3. The molecule has 0 spiro atoms. The van der Waals surface area contributed by atoms with Crippen LogP contribution in [0.25, 0.3) is 0 Å². The molecule has 1 aliphatic rings. The Hall–Kier alpha value is -2.36. The van der Waals surface area contributed by atoms with Gasteiger partial charge in [0.25, 0.3) is 0 Å². The first-order valence-corrected chi connectivity index (χ1v) is 6.80. The van der Waals surface area contributed by atoms with E-state index in [1.54, 1.807) is 6.20 Å². The van der Waals surface area contributed by atoms with E-state index in [0.29, 0.717) is 0 Å². The fraction of sp³-hybridized carbons (Fsp3) is 0.250. The van der Waals surface area contributed by atoms with E-state index in [9.17, 15) is 4.79 Å². The molecule has 1 amide bonds. The van der Waals surface area contributed by atoms with E-state index < -0.39 is 0 Å². The van der Waals surface area contributed by atoms with Crippen LogP contribution in [0.15, 0.2) is 48.7 Å². The molecule has 0 fully saturated rings. The lowest BCUT2D eigenvalue weighted by Gasteiger charge is -2.17. The maximum Gasteiger partial charge on any atom is 0.243 e. The van der Waals surface area contributed by atoms with Crippen molar-refractivity contribution < 1.29 is 4.79 Å². The lowest BCUT2D eigenvalue weighted by molar-refractivity contribution is -0.122. The molecule has 1 aliphatic heterocycles. The van der Waals surface area contributed by atoms with Gasteiger partial charge in [-0.1, -0.05) is 24.3 Å². The number of rotatable bonds is 3. The van der Waals surface area contributed by atoms with Gasteiger partial charge in [-0.15, -0.1) is 0 Å². The number of para-hydroxylation sites is 1. The molecule has 0 saturated carbocycles. The molecule has 0 bridgehead atoms. The molecule has 0 radical (unpaired) electrons. The number of fused-ring (bicyclic) bond motifs is 1. The van der Waals surface area contributed by atoms with Crippen molar-refractivity contribution in [2.75, 3.05) is 5.32 Å². The van der Waals surface area contributed by atoms with Crippen molar-refractivity contribution in [2.45, 2.75) is 25.4 Å². The molecule has 4 nitrogen and oxygen atoms in total. The maximum absolute atomic E-state index is 12.3. The first-order valence-electron chi connectivity index (χ1n) is 6.80. The van der Waals surface area contributed by atoms with Crippen LogP contribution >= 0.6 is 0 Å². The Labute approximate surface area is 118 Å². The second kappa shape index (κ2) is 5.33. The number of nitrogens with one attached hydrogen (secondary N) is 2. The van der Waals surface area contributed by atoms with Gasteiger partial charge >= 0.3 is 0 Å². The normalized spacial score (nSPS) is 17.9. The molecular formula is C16H17N3O. The van der Waals surface area contributed by atoms with E-state index in [2.05, 4.69) is 21.7 Å². The number of hydrogen-bond donors (Lipinski definition) is 2. The van der Waals surface area contributed by atoms with Crippen molar-refractivity contribution >= 4 is 11.6 Å². The maximum atomic E-state index is 12.3. The number of carbonyl (C=O) groups is 1. The average Bonchev–Trinajstić information content (AvgIpc) is 2.92. The third-order valence-electron chi connectivity index (χ3n) is 3.58. The monoisotopic (exact) mass is 267 g/mol. The van der Waals surface area contributed by atoms with Gasteiger partial charge in [-0.25, -0.2) is 0 Å². The number of pyridine rings is 1. The molecule has 2 atom stereocenters. The molecule has 3 rings (SSSR count). The van der Waals surface area contributed by atoms with Gasteiger partial charge in [0.05, 0.1) is 11.7 Å². The summed E-state index contributed by atoms with van der Waals surface area (Å²) in [6.45, 7) is 1.95. The van der Waals surface area contributed by atoms with E-state index in [4.69, 9.17) is 0 Å².